The van der Waals surface area contributed by atoms with Crippen molar-refractivity contribution in [2.75, 3.05) is 13.4 Å². The summed E-state index contributed by atoms with van der Waals surface area (Å²) in [5.41, 5.74) is 1.41. The van der Waals surface area contributed by atoms with Gasteiger partial charge in [0.05, 0.1) is 7.11 Å². The Morgan fingerprint density at radius 2 is 0.690 bits per heavy atom. The van der Waals surface area contributed by atoms with Gasteiger partial charge in [-0.05, 0) is 42.5 Å². The maximum atomic E-state index is 4.91. The van der Waals surface area contributed by atoms with Crippen molar-refractivity contribution in [1.29, 1.82) is 0 Å². The van der Waals surface area contributed by atoms with Gasteiger partial charge in [-0.25, -0.2) is 0 Å². The number of rotatable bonds is 3. The summed E-state index contributed by atoms with van der Waals surface area (Å²) in [6.45, 7) is 38.2. The summed E-state index contributed by atoms with van der Waals surface area (Å²) in [6.07, 6.45) is 3.22. The number of hydrogen-bond acceptors (Lipinski definition) is 2. The van der Waals surface area contributed by atoms with Gasteiger partial charge in [0.2, 0.25) is 0 Å². The van der Waals surface area contributed by atoms with Crippen LogP contribution < -0.4 is 4.74 Å². The van der Waals surface area contributed by atoms with Crippen LogP contribution in [-0.4, -0.2) is 13.4 Å². The maximum absolute atomic E-state index is 4.91. The summed E-state index contributed by atoms with van der Waals surface area (Å²) < 4.78 is 4.91. The highest BCUT2D eigenvalue weighted by Crippen LogP contribution is 2.11. The molecule has 0 heterocycles. The number of para-hydroxylation sites is 1. The largest absolute Gasteiger partial charge is 0.497 e. The van der Waals surface area contributed by atoms with Crippen molar-refractivity contribution in [1.82, 2.24) is 0 Å². The summed E-state index contributed by atoms with van der Waals surface area (Å²) in [7, 11) is 1.66. The van der Waals surface area contributed by atoms with Crippen molar-refractivity contribution in [3.8, 4) is 5.75 Å². The van der Waals surface area contributed by atoms with E-state index in [0.717, 1.165) is 12.2 Å². The molecule has 0 radical (unpaired) electrons. The molecule has 0 atom stereocenters. The molecule has 3 aromatic rings. The molecular formula is C40H80OS. The van der Waals surface area contributed by atoms with Gasteiger partial charge in [0.15, 0.2) is 0 Å². The number of aryl methyl sites for hydroxylation is 1. The highest BCUT2D eigenvalue weighted by molar-refractivity contribution is 7.98. The third-order valence-corrected chi connectivity index (χ3v) is 3.95. The van der Waals surface area contributed by atoms with E-state index in [2.05, 4.69) is 49.6 Å². The van der Waals surface area contributed by atoms with Crippen molar-refractivity contribution in [3.63, 3.8) is 0 Å². The van der Waals surface area contributed by atoms with Crippen LogP contribution in [0.25, 0.3) is 0 Å². The van der Waals surface area contributed by atoms with Crippen LogP contribution in [0.4, 0.5) is 0 Å². The number of hydrogen-bond donors (Lipinski definition) is 0. The standard InChI is InChI=1S/C8H10.C7H8O.C7H8S.9C2H6/c1-2-8-6-4-3-5-7-8;2*1-8-7-5-3-2-4-6-7;9*1-2/h3-7H,2H2,1H3;2*2-6H,1H3;9*1-2H3. The Morgan fingerprint density at radius 1 is 0.429 bits per heavy atom. The van der Waals surface area contributed by atoms with Crippen molar-refractivity contribution in [2.24, 2.45) is 0 Å². The Morgan fingerprint density at radius 3 is 0.857 bits per heavy atom. The molecule has 42 heavy (non-hydrogen) atoms. The van der Waals surface area contributed by atoms with E-state index < -0.39 is 0 Å². The first-order chi connectivity index (χ1) is 20.8. The number of ether oxygens (including phenoxy) is 1. The molecular weight excluding hydrogens is 529 g/mol. The first-order valence-electron chi connectivity index (χ1n) is 17.0. The molecule has 0 aliphatic heterocycles. The second-order valence-electron chi connectivity index (χ2n) is 4.87. The molecule has 0 saturated carbocycles. The van der Waals surface area contributed by atoms with E-state index in [4.69, 9.17) is 4.74 Å². The van der Waals surface area contributed by atoms with Gasteiger partial charge in [0.25, 0.3) is 0 Å². The van der Waals surface area contributed by atoms with E-state index in [1.165, 1.54) is 10.5 Å². The average molecular weight is 609 g/mol. The maximum Gasteiger partial charge on any atom is 0.118 e. The number of methoxy groups -OCH3 is 1. The molecule has 1 nitrogen and oxygen atoms in total. The quantitative estimate of drug-likeness (QED) is 0.274. The molecule has 252 valence electrons. The molecule has 0 spiro atoms. The van der Waals surface area contributed by atoms with E-state index in [9.17, 15) is 0 Å². The van der Waals surface area contributed by atoms with Gasteiger partial charge in [0, 0.05) is 4.90 Å². The van der Waals surface area contributed by atoms with Crippen molar-refractivity contribution >= 4 is 11.8 Å². The summed E-state index contributed by atoms with van der Waals surface area (Å²) >= 11 is 1.77. The van der Waals surface area contributed by atoms with Crippen LogP contribution in [0, 0.1) is 0 Å². The molecule has 2 heteroatoms. The molecule has 0 saturated heterocycles. The fourth-order valence-electron chi connectivity index (χ4n) is 1.83. The van der Waals surface area contributed by atoms with Crippen LogP contribution in [0.1, 0.15) is 137 Å². The Bertz CT molecular complexity index is 532. The van der Waals surface area contributed by atoms with Crippen LogP contribution in [0.2, 0.25) is 0 Å². The molecule has 0 bridgehead atoms. The van der Waals surface area contributed by atoms with Gasteiger partial charge >= 0.3 is 0 Å². The molecule has 0 fully saturated rings. The predicted octanol–water partition coefficient (Wildman–Crippen LogP) is 15.6. The lowest BCUT2D eigenvalue weighted by atomic mass is 10.2. The van der Waals surface area contributed by atoms with Gasteiger partial charge in [0.1, 0.15) is 5.75 Å². The van der Waals surface area contributed by atoms with Gasteiger partial charge in [-0.15, -0.1) is 11.8 Å². The summed E-state index contributed by atoms with van der Waals surface area (Å²) in [6, 6.07) is 30.5. The van der Waals surface area contributed by atoms with Crippen molar-refractivity contribution in [3.05, 3.63) is 96.6 Å². The highest BCUT2D eigenvalue weighted by Gasteiger charge is 1.81. The predicted molar refractivity (Wildman–Crippen MR) is 209 cm³/mol. The lowest BCUT2D eigenvalue weighted by molar-refractivity contribution is 0.415. The van der Waals surface area contributed by atoms with Crippen LogP contribution in [0.5, 0.6) is 5.75 Å². The number of thioether (sulfide) groups is 1. The lowest BCUT2D eigenvalue weighted by Crippen LogP contribution is -1.78. The average Bonchev–Trinajstić information content (AvgIpc) is 3.17. The summed E-state index contributed by atoms with van der Waals surface area (Å²) in [5.74, 6) is 0.910. The van der Waals surface area contributed by atoms with E-state index in [0.29, 0.717) is 0 Å². The number of benzene rings is 3. The zero-order valence-corrected chi connectivity index (χ0v) is 33.5. The summed E-state index contributed by atoms with van der Waals surface area (Å²) in [4.78, 5) is 1.33. The van der Waals surface area contributed by atoms with Crippen LogP contribution in [0.3, 0.4) is 0 Å². The van der Waals surface area contributed by atoms with Crippen LogP contribution in [0.15, 0.2) is 95.9 Å². The second kappa shape index (κ2) is 90.1. The zero-order chi connectivity index (χ0) is 35.5. The van der Waals surface area contributed by atoms with Crippen LogP contribution in [-0.2, 0) is 6.42 Å². The van der Waals surface area contributed by atoms with E-state index >= 15 is 0 Å². The smallest absolute Gasteiger partial charge is 0.118 e. The zero-order valence-electron chi connectivity index (χ0n) is 32.7. The molecule has 0 unspecified atom stereocenters. The van der Waals surface area contributed by atoms with E-state index in [1.807, 2.05) is 179 Å². The monoisotopic (exact) mass is 609 g/mol. The third kappa shape index (κ3) is 66.2. The minimum absolute atomic E-state index is 0.910. The molecule has 0 N–H and O–H groups in total. The van der Waals surface area contributed by atoms with Crippen LogP contribution >= 0.6 is 11.8 Å². The SMILES string of the molecule is CC.CC.CC.CC.CC.CC.CC.CC.CC.CCc1ccccc1.COc1ccccc1.CSc1ccccc1. The first kappa shape index (κ1) is 63.2. The van der Waals surface area contributed by atoms with Crippen molar-refractivity contribution in [2.45, 2.75) is 143 Å². The lowest BCUT2D eigenvalue weighted by Gasteiger charge is -1.93. The minimum atomic E-state index is 0.910. The minimum Gasteiger partial charge on any atom is -0.497 e. The second-order valence-corrected chi connectivity index (χ2v) is 5.75. The van der Waals surface area contributed by atoms with Gasteiger partial charge in [-0.2, -0.15) is 0 Å². The van der Waals surface area contributed by atoms with Crippen molar-refractivity contribution < 1.29 is 4.74 Å². The molecule has 0 aliphatic rings. The molecule has 3 rings (SSSR count). The van der Waals surface area contributed by atoms with Gasteiger partial charge in [-0.3, -0.25) is 0 Å². The highest BCUT2D eigenvalue weighted by atomic mass is 32.2. The normalized spacial score (nSPS) is 6.40. The third-order valence-electron chi connectivity index (χ3n) is 3.21. The summed E-state index contributed by atoms with van der Waals surface area (Å²) in [5, 5.41) is 0. The van der Waals surface area contributed by atoms with E-state index in [1.54, 1.807) is 18.9 Å². The Balaban J connectivity index is -0.0000000439. The molecule has 0 aliphatic carbocycles. The van der Waals surface area contributed by atoms with E-state index in [-0.39, 0.29) is 0 Å². The fourth-order valence-corrected chi connectivity index (χ4v) is 2.26. The Labute approximate surface area is 274 Å². The molecule has 3 aromatic carbocycles. The Hall–Kier alpha value is -2.19. The van der Waals surface area contributed by atoms with Gasteiger partial charge < -0.3 is 4.74 Å². The van der Waals surface area contributed by atoms with Gasteiger partial charge in [-0.1, -0.05) is 198 Å². The fraction of sp³-hybridized carbons (Fsp3) is 0.550. The molecule has 0 aromatic heterocycles. The first-order valence-corrected chi connectivity index (χ1v) is 18.2. The molecule has 0 amide bonds. The Kier molecular flexibility index (Phi) is 136. The topological polar surface area (TPSA) is 9.23 Å².